The minimum Gasteiger partial charge on any atom is -0.385 e. The summed E-state index contributed by atoms with van der Waals surface area (Å²) >= 11 is 3.41. The van der Waals surface area contributed by atoms with Gasteiger partial charge in [0, 0.05) is 36.2 Å². The summed E-state index contributed by atoms with van der Waals surface area (Å²) in [5.41, 5.74) is 1.06. The molecule has 0 spiro atoms. The normalized spacial score (nSPS) is 15.9. The fourth-order valence-electron chi connectivity index (χ4n) is 2.36. The van der Waals surface area contributed by atoms with Crippen molar-refractivity contribution >= 4 is 27.5 Å². The Hall–Kier alpha value is -1.03. The van der Waals surface area contributed by atoms with Crippen LogP contribution in [0.2, 0.25) is 0 Å². The number of hydrogen-bond donors (Lipinski definition) is 1. The Kier molecular flexibility index (Phi) is 5.70. The van der Waals surface area contributed by atoms with Crippen LogP contribution in [0.15, 0.2) is 28.7 Å². The maximum absolute atomic E-state index is 12.1. The van der Waals surface area contributed by atoms with E-state index in [-0.39, 0.29) is 5.91 Å². The van der Waals surface area contributed by atoms with E-state index in [1.54, 1.807) is 0 Å². The molecule has 1 amide bonds. The molecule has 0 unspecified atom stereocenters. The number of carbonyl (C=O) groups is 1. The fourth-order valence-corrected chi connectivity index (χ4v) is 2.62. The van der Waals surface area contributed by atoms with Crippen LogP contribution >= 0.6 is 15.9 Å². The summed E-state index contributed by atoms with van der Waals surface area (Å²) in [6.45, 7) is 2.59. The Morgan fingerprint density at radius 2 is 1.74 bits per heavy atom. The Bertz CT molecular complexity index is 397. The summed E-state index contributed by atoms with van der Waals surface area (Å²) in [5.74, 6) is 0.284. The monoisotopic (exact) mass is 324 g/mol. The predicted octanol–water partition coefficient (Wildman–Crippen LogP) is 3.65. The first kappa shape index (κ1) is 14.4. The molecule has 0 atom stereocenters. The largest absolute Gasteiger partial charge is 0.385 e. The minimum absolute atomic E-state index is 0.284. The Morgan fingerprint density at radius 1 is 1.11 bits per heavy atom. The van der Waals surface area contributed by atoms with Crippen molar-refractivity contribution in [2.45, 2.75) is 32.1 Å². The number of hydrogen-bond acceptors (Lipinski definition) is 2. The van der Waals surface area contributed by atoms with Gasteiger partial charge in [0.05, 0.1) is 0 Å². The highest BCUT2D eigenvalue weighted by molar-refractivity contribution is 9.10. The minimum atomic E-state index is 0.284. The maximum atomic E-state index is 12.1. The number of nitrogens with one attached hydrogen (secondary N) is 1. The van der Waals surface area contributed by atoms with Gasteiger partial charge in [-0.25, -0.2) is 0 Å². The Morgan fingerprint density at radius 3 is 2.37 bits per heavy atom. The second-order valence-corrected chi connectivity index (χ2v) is 5.89. The molecule has 0 aromatic heterocycles. The Labute approximate surface area is 123 Å². The molecule has 1 fully saturated rings. The van der Waals surface area contributed by atoms with Crippen LogP contribution < -0.4 is 5.32 Å². The molecule has 1 aromatic rings. The van der Waals surface area contributed by atoms with Gasteiger partial charge in [0.2, 0.25) is 5.91 Å². The number of nitrogens with zero attached hydrogens (tertiary/aromatic N) is 1. The van der Waals surface area contributed by atoms with Gasteiger partial charge in [-0.05, 0) is 37.1 Å². The van der Waals surface area contributed by atoms with Gasteiger partial charge in [-0.3, -0.25) is 4.79 Å². The second kappa shape index (κ2) is 7.53. The van der Waals surface area contributed by atoms with Crippen LogP contribution in [0.3, 0.4) is 0 Å². The molecule has 1 aromatic carbocycles. The molecule has 1 aliphatic rings. The van der Waals surface area contributed by atoms with Crippen molar-refractivity contribution in [1.82, 2.24) is 4.90 Å². The number of amides is 1. The number of carbonyl (C=O) groups excluding carboxylic acids is 1. The molecule has 1 N–H and O–H groups in total. The van der Waals surface area contributed by atoms with E-state index in [0.717, 1.165) is 36.1 Å². The van der Waals surface area contributed by atoms with Crippen LogP contribution in [0.5, 0.6) is 0 Å². The first-order chi connectivity index (χ1) is 9.25. The van der Waals surface area contributed by atoms with E-state index in [1.807, 2.05) is 29.2 Å². The van der Waals surface area contributed by atoms with Gasteiger partial charge >= 0.3 is 0 Å². The summed E-state index contributed by atoms with van der Waals surface area (Å²) in [4.78, 5) is 14.1. The van der Waals surface area contributed by atoms with Crippen LogP contribution in [0, 0.1) is 0 Å². The molecule has 4 heteroatoms. The van der Waals surface area contributed by atoms with E-state index >= 15 is 0 Å². The van der Waals surface area contributed by atoms with E-state index < -0.39 is 0 Å². The van der Waals surface area contributed by atoms with Crippen molar-refractivity contribution in [2.75, 3.05) is 25.0 Å². The summed E-state index contributed by atoms with van der Waals surface area (Å²) in [7, 11) is 0. The summed E-state index contributed by atoms with van der Waals surface area (Å²) in [6, 6.07) is 8.03. The maximum Gasteiger partial charge on any atom is 0.224 e. The molecule has 19 heavy (non-hydrogen) atoms. The molecule has 0 saturated carbocycles. The van der Waals surface area contributed by atoms with E-state index in [2.05, 4.69) is 21.2 Å². The number of halogens is 1. The lowest BCUT2D eigenvalue weighted by Gasteiger charge is -2.20. The molecule has 1 aliphatic heterocycles. The predicted molar refractivity (Wildman–Crippen MR) is 82.3 cm³/mol. The van der Waals surface area contributed by atoms with Crippen LogP contribution in [-0.4, -0.2) is 30.4 Å². The van der Waals surface area contributed by atoms with Crippen LogP contribution in [0.1, 0.15) is 32.1 Å². The third kappa shape index (κ3) is 4.86. The molecular formula is C15H21BrN2O. The van der Waals surface area contributed by atoms with Gasteiger partial charge in [-0.2, -0.15) is 0 Å². The van der Waals surface area contributed by atoms with Crippen LogP contribution in [-0.2, 0) is 4.79 Å². The standard InChI is InChI=1S/C15H21BrN2O/c16-13-5-7-14(8-6-13)17-10-9-15(19)18-11-3-1-2-4-12-18/h5-8,17H,1-4,9-12H2. The fraction of sp³-hybridized carbons (Fsp3) is 0.533. The highest BCUT2D eigenvalue weighted by Gasteiger charge is 2.14. The third-order valence-electron chi connectivity index (χ3n) is 3.47. The Balaban J connectivity index is 1.72. The molecule has 1 saturated heterocycles. The van der Waals surface area contributed by atoms with Crippen LogP contribution in [0.4, 0.5) is 5.69 Å². The zero-order chi connectivity index (χ0) is 13.5. The van der Waals surface area contributed by atoms with E-state index in [1.165, 1.54) is 12.8 Å². The number of benzene rings is 1. The van der Waals surface area contributed by atoms with Gasteiger partial charge in [0.25, 0.3) is 0 Å². The second-order valence-electron chi connectivity index (χ2n) is 4.98. The zero-order valence-electron chi connectivity index (χ0n) is 11.2. The van der Waals surface area contributed by atoms with Crippen molar-refractivity contribution in [2.24, 2.45) is 0 Å². The number of anilines is 1. The molecule has 3 nitrogen and oxygen atoms in total. The number of likely N-dealkylation sites (tertiary alicyclic amines) is 1. The molecule has 1 heterocycles. The van der Waals surface area contributed by atoms with Crippen LogP contribution in [0.25, 0.3) is 0 Å². The molecule has 0 bridgehead atoms. The highest BCUT2D eigenvalue weighted by atomic mass is 79.9. The van der Waals surface area contributed by atoms with Crippen molar-refractivity contribution in [3.63, 3.8) is 0 Å². The van der Waals surface area contributed by atoms with E-state index in [4.69, 9.17) is 0 Å². The topological polar surface area (TPSA) is 32.3 Å². The highest BCUT2D eigenvalue weighted by Crippen LogP contribution is 2.14. The quantitative estimate of drug-likeness (QED) is 0.916. The smallest absolute Gasteiger partial charge is 0.224 e. The van der Waals surface area contributed by atoms with Crippen molar-refractivity contribution in [1.29, 1.82) is 0 Å². The molecule has 2 rings (SSSR count). The van der Waals surface area contributed by atoms with Crippen molar-refractivity contribution in [3.8, 4) is 0 Å². The third-order valence-corrected chi connectivity index (χ3v) is 4.00. The lowest BCUT2D eigenvalue weighted by atomic mass is 10.2. The van der Waals surface area contributed by atoms with Crippen molar-refractivity contribution < 1.29 is 4.79 Å². The zero-order valence-corrected chi connectivity index (χ0v) is 12.8. The van der Waals surface area contributed by atoms with Gasteiger partial charge < -0.3 is 10.2 Å². The first-order valence-corrected chi connectivity index (χ1v) is 7.82. The van der Waals surface area contributed by atoms with Gasteiger partial charge in [0.1, 0.15) is 0 Å². The molecule has 0 radical (unpaired) electrons. The molecular weight excluding hydrogens is 304 g/mol. The van der Waals surface area contributed by atoms with Gasteiger partial charge in [-0.1, -0.05) is 28.8 Å². The number of rotatable bonds is 4. The summed E-state index contributed by atoms with van der Waals surface area (Å²) in [5, 5.41) is 3.29. The van der Waals surface area contributed by atoms with Crippen molar-refractivity contribution in [3.05, 3.63) is 28.7 Å². The molecule has 104 valence electrons. The lowest BCUT2D eigenvalue weighted by Crippen LogP contribution is -2.32. The van der Waals surface area contributed by atoms with Gasteiger partial charge in [-0.15, -0.1) is 0 Å². The lowest BCUT2D eigenvalue weighted by molar-refractivity contribution is -0.130. The molecule has 0 aliphatic carbocycles. The first-order valence-electron chi connectivity index (χ1n) is 7.03. The summed E-state index contributed by atoms with van der Waals surface area (Å²) < 4.78 is 1.07. The average Bonchev–Trinajstić information content (AvgIpc) is 2.70. The van der Waals surface area contributed by atoms with E-state index in [9.17, 15) is 4.79 Å². The van der Waals surface area contributed by atoms with E-state index in [0.29, 0.717) is 13.0 Å². The SMILES string of the molecule is O=C(CCNc1ccc(Br)cc1)N1CCCCCC1. The van der Waals surface area contributed by atoms with Gasteiger partial charge in [0.15, 0.2) is 0 Å². The summed E-state index contributed by atoms with van der Waals surface area (Å²) in [6.07, 6.45) is 5.43. The average molecular weight is 325 g/mol.